The average Bonchev–Trinajstić information content (AvgIpc) is 3.32. The maximum atomic E-state index is 13.1. The van der Waals surface area contributed by atoms with Crippen LogP contribution in [0.5, 0.6) is 11.6 Å². The molecule has 0 radical (unpaired) electrons. The van der Waals surface area contributed by atoms with Crippen molar-refractivity contribution in [2.24, 2.45) is 5.92 Å². The van der Waals surface area contributed by atoms with Gasteiger partial charge in [-0.25, -0.2) is 4.98 Å². The number of benzene rings is 2. The maximum absolute atomic E-state index is 13.1. The fourth-order valence-corrected chi connectivity index (χ4v) is 6.87. The summed E-state index contributed by atoms with van der Waals surface area (Å²) >= 11 is 0. The van der Waals surface area contributed by atoms with Crippen LogP contribution in [0.4, 0.5) is 11.4 Å². The molecule has 6 rings (SSSR count). The van der Waals surface area contributed by atoms with Gasteiger partial charge in [0.05, 0.1) is 18.5 Å². The summed E-state index contributed by atoms with van der Waals surface area (Å²) in [5.41, 5.74) is 4.98. The van der Waals surface area contributed by atoms with Crippen LogP contribution >= 0.6 is 0 Å². The van der Waals surface area contributed by atoms with Gasteiger partial charge < -0.3 is 30.3 Å². The molecule has 0 saturated carbocycles. The lowest BCUT2D eigenvalue weighted by Crippen LogP contribution is -2.48. The Labute approximate surface area is 236 Å². The van der Waals surface area contributed by atoms with Crippen LogP contribution in [0.25, 0.3) is 11.1 Å². The third kappa shape index (κ3) is 5.08. The number of phenolic OH excluding ortho intramolecular Hbond substituents is 1. The fourth-order valence-electron chi connectivity index (χ4n) is 6.87. The van der Waals surface area contributed by atoms with E-state index in [0.29, 0.717) is 29.9 Å². The second-order valence-corrected chi connectivity index (χ2v) is 11.3. The topological polar surface area (TPSA) is 90.0 Å². The van der Waals surface area contributed by atoms with E-state index in [1.54, 1.807) is 19.4 Å². The molecule has 8 heteroatoms. The molecule has 0 spiro atoms. The largest absolute Gasteiger partial charge is 0.508 e. The molecule has 1 unspecified atom stereocenters. The smallest absolute Gasteiger partial charge is 0.251 e. The molecular weight excluding hydrogens is 502 g/mol. The number of fused-ring (bicyclic) bond motifs is 2. The van der Waals surface area contributed by atoms with Crippen LogP contribution < -0.4 is 20.3 Å². The Morgan fingerprint density at radius 3 is 2.88 bits per heavy atom. The van der Waals surface area contributed by atoms with E-state index in [1.165, 1.54) is 45.2 Å². The molecule has 4 heterocycles. The molecule has 8 nitrogen and oxygen atoms in total. The zero-order valence-electron chi connectivity index (χ0n) is 23.4. The van der Waals surface area contributed by atoms with Gasteiger partial charge >= 0.3 is 0 Å². The van der Waals surface area contributed by atoms with Gasteiger partial charge in [-0.2, -0.15) is 0 Å². The van der Waals surface area contributed by atoms with Gasteiger partial charge in [0.2, 0.25) is 5.88 Å². The molecule has 0 aliphatic carbocycles. The summed E-state index contributed by atoms with van der Waals surface area (Å²) in [7, 11) is 3.59. The van der Waals surface area contributed by atoms with Crippen molar-refractivity contribution in [3.05, 3.63) is 65.9 Å². The molecule has 3 N–H and O–H groups in total. The first kappa shape index (κ1) is 26.4. The van der Waals surface area contributed by atoms with Crippen LogP contribution in [0.2, 0.25) is 0 Å². The molecule has 3 aromatic rings. The number of piperidine rings is 2. The molecule has 2 aromatic carbocycles. The van der Waals surface area contributed by atoms with Crippen molar-refractivity contribution in [3.63, 3.8) is 0 Å². The normalized spacial score (nSPS) is 22.2. The highest BCUT2D eigenvalue weighted by Crippen LogP contribution is 2.44. The van der Waals surface area contributed by atoms with E-state index in [-0.39, 0.29) is 17.8 Å². The molecule has 3 aliphatic rings. The second-order valence-electron chi connectivity index (χ2n) is 11.3. The van der Waals surface area contributed by atoms with Gasteiger partial charge in [0.1, 0.15) is 11.9 Å². The highest BCUT2D eigenvalue weighted by Gasteiger charge is 2.33. The number of carbonyl (C=O) groups is 1. The molecular formula is C32H39N5O3. The number of ether oxygens (including phenoxy) is 1. The van der Waals surface area contributed by atoms with Gasteiger partial charge in [-0.15, -0.1) is 0 Å². The summed E-state index contributed by atoms with van der Waals surface area (Å²) in [5, 5.41) is 17.5. The predicted octanol–water partition coefficient (Wildman–Crippen LogP) is 5.41. The molecule has 0 bridgehead atoms. The number of anilines is 2. The summed E-state index contributed by atoms with van der Waals surface area (Å²) in [6, 6.07) is 15.8. The maximum Gasteiger partial charge on any atom is 0.251 e. The Hall–Kier alpha value is -3.78. The number of nitrogens with one attached hydrogen (secondary N) is 2. The van der Waals surface area contributed by atoms with E-state index in [1.807, 2.05) is 49.5 Å². The summed E-state index contributed by atoms with van der Waals surface area (Å²) in [5.74, 6) is 1.37. The number of nitrogens with zero attached hydrogens (tertiary/aromatic N) is 3. The van der Waals surface area contributed by atoms with Crippen molar-refractivity contribution in [2.75, 3.05) is 44.0 Å². The number of carbonyl (C=O) groups excluding carboxylic acids is 1. The lowest BCUT2D eigenvalue weighted by molar-refractivity contribution is 0.0554. The summed E-state index contributed by atoms with van der Waals surface area (Å²) in [4.78, 5) is 22.2. The lowest BCUT2D eigenvalue weighted by Gasteiger charge is -2.44. The monoisotopic (exact) mass is 541 g/mol. The predicted molar refractivity (Wildman–Crippen MR) is 158 cm³/mol. The van der Waals surface area contributed by atoms with Crippen molar-refractivity contribution in [1.82, 2.24) is 15.2 Å². The quantitative estimate of drug-likeness (QED) is 0.369. The number of hydrogen-bond donors (Lipinski definition) is 3. The summed E-state index contributed by atoms with van der Waals surface area (Å²) < 4.78 is 5.45. The average molecular weight is 542 g/mol. The third-order valence-corrected chi connectivity index (χ3v) is 8.95. The zero-order valence-corrected chi connectivity index (χ0v) is 23.4. The first-order chi connectivity index (χ1) is 19.5. The number of rotatable bonds is 7. The van der Waals surface area contributed by atoms with Crippen LogP contribution in [0.1, 0.15) is 60.6 Å². The molecule has 210 valence electrons. The zero-order chi connectivity index (χ0) is 27.6. The van der Waals surface area contributed by atoms with E-state index in [9.17, 15) is 9.90 Å². The third-order valence-electron chi connectivity index (χ3n) is 8.95. The van der Waals surface area contributed by atoms with Crippen LogP contribution in [-0.4, -0.2) is 60.7 Å². The van der Waals surface area contributed by atoms with Gasteiger partial charge in [0.15, 0.2) is 0 Å². The van der Waals surface area contributed by atoms with E-state index in [0.717, 1.165) is 34.5 Å². The number of aromatic nitrogens is 1. The number of aromatic hydroxyl groups is 1. The van der Waals surface area contributed by atoms with Gasteiger partial charge in [0.25, 0.3) is 5.91 Å². The van der Waals surface area contributed by atoms with Crippen molar-refractivity contribution in [2.45, 2.75) is 50.7 Å². The van der Waals surface area contributed by atoms with E-state index < -0.39 is 0 Å². The van der Waals surface area contributed by atoms with E-state index in [4.69, 9.17) is 4.74 Å². The Kier molecular flexibility index (Phi) is 7.52. The number of hydrogen-bond acceptors (Lipinski definition) is 7. The minimum Gasteiger partial charge on any atom is -0.508 e. The van der Waals surface area contributed by atoms with Gasteiger partial charge in [-0.1, -0.05) is 12.5 Å². The number of amides is 1. The number of phenols is 1. The Bertz CT molecular complexity index is 1380. The fraction of sp³-hybridized carbons (Fsp3) is 0.438. The van der Waals surface area contributed by atoms with Crippen LogP contribution in [0.3, 0.4) is 0 Å². The number of methoxy groups -OCH3 is 1. The molecule has 2 fully saturated rings. The van der Waals surface area contributed by atoms with Crippen LogP contribution in [0.15, 0.2) is 54.7 Å². The minimum atomic E-state index is -0.291. The Balaban J connectivity index is 1.13. The molecule has 1 aromatic heterocycles. The standard InChI is InChI=1S/C32H39N5O3/c1-36-28-12-10-23(31(39)33-16-14-21-7-6-18-37-17-4-3-9-27(21)37)20-26(28)35-30(36)25-19-22(11-13-29(25)38)24-8-5-15-34-32(24)40-2/h5,8,10-13,15,19-21,27,30,35,38H,3-4,6-7,9,14,16-18H2,1-2H3,(H,33,39)/t21-,27+,30?/m0/s1. The van der Waals surface area contributed by atoms with E-state index in [2.05, 4.69) is 25.4 Å². The van der Waals surface area contributed by atoms with Crippen molar-refractivity contribution in [3.8, 4) is 22.8 Å². The molecule has 3 aliphatic heterocycles. The van der Waals surface area contributed by atoms with Crippen LogP contribution in [-0.2, 0) is 0 Å². The molecule has 2 saturated heterocycles. The molecule has 40 heavy (non-hydrogen) atoms. The molecule has 1 amide bonds. The summed E-state index contributed by atoms with van der Waals surface area (Å²) in [6.45, 7) is 3.19. The SMILES string of the molecule is COc1ncccc1-c1ccc(O)c(C2Nc3cc(C(=O)NCC[C@@H]4CCCN5CCCC[C@H]45)ccc3N2C)c1. The van der Waals surface area contributed by atoms with Crippen molar-refractivity contribution >= 4 is 17.3 Å². The highest BCUT2D eigenvalue weighted by atomic mass is 16.5. The Morgan fingerprint density at radius 2 is 2.00 bits per heavy atom. The first-order valence-corrected chi connectivity index (χ1v) is 14.5. The van der Waals surface area contributed by atoms with Gasteiger partial charge in [0, 0.05) is 42.5 Å². The summed E-state index contributed by atoms with van der Waals surface area (Å²) in [6.07, 6.45) is 8.95. The minimum absolute atomic E-state index is 0.0412. The number of pyridine rings is 1. The first-order valence-electron chi connectivity index (χ1n) is 14.5. The van der Waals surface area contributed by atoms with Gasteiger partial charge in [-0.3, -0.25) is 4.79 Å². The molecule has 3 atom stereocenters. The lowest BCUT2D eigenvalue weighted by atomic mass is 9.81. The Morgan fingerprint density at radius 1 is 1.12 bits per heavy atom. The van der Waals surface area contributed by atoms with E-state index >= 15 is 0 Å². The highest BCUT2D eigenvalue weighted by molar-refractivity contribution is 5.97. The van der Waals surface area contributed by atoms with Crippen molar-refractivity contribution in [1.29, 1.82) is 0 Å². The van der Waals surface area contributed by atoms with Crippen LogP contribution in [0, 0.1) is 5.92 Å². The van der Waals surface area contributed by atoms with Crippen molar-refractivity contribution < 1.29 is 14.6 Å². The second kappa shape index (κ2) is 11.4. The van der Waals surface area contributed by atoms with Gasteiger partial charge in [-0.05, 0) is 99.1 Å².